The van der Waals surface area contributed by atoms with E-state index in [9.17, 15) is 0 Å². The van der Waals surface area contributed by atoms with E-state index >= 15 is 0 Å². The molecule has 0 bridgehead atoms. The SMILES string of the molecule is Cc1cc(C2CCCN2c2cnccn2)ccn1. The minimum Gasteiger partial charge on any atom is -0.348 e. The third-order valence-corrected chi connectivity index (χ3v) is 3.40. The van der Waals surface area contributed by atoms with Gasteiger partial charge in [-0.1, -0.05) is 0 Å². The molecule has 92 valence electrons. The minimum absolute atomic E-state index is 0.406. The highest BCUT2D eigenvalue weighted by molar-refractivity contribution is 5.41. The highest BCUT2D eigenvalue weighted by Crippen LogP contribution is 2.34. The van der Waals surface area contributed by atoms with Gasteiger partial charge in [-0.3, -0.25) is 9.97 Å². The van der Waals surface area contributed by atoms with E-state index < -0.39 is 0 Å². The summed E-state index contributed by atoms with van der Waals surface area (Å²) in [5.41, 5.74) is 2.39. The first kappa shape index (κ1) is 11.1. The van der Waals surface area contributed by atoms with Gasteiger partial charge in [0.05, 0.1) is 12.2 Å². The van der Waals surface area contributed by atoms with E-state index in [0.29, 0.717) is 6.04 Å². The second-order valence-corrected chi connectivity index (χ2v) is 4.65. The molecule has 0 saturated carbocycles. The molecule has 0 amide bonds. The van der Waals surface area contributed by atoms with Crippen molar-refractivity contribution in [3.63, 3.8) is 0 Å². The van der Waals surface area contributed by atoms with E-state index in [-0.39, 0.29) is 0 Å². The maximum atomic E-state index is 4.41. The Balaban J connectivity index is 1.92. The fraction of sp³-hybridized carbons (Fsp3) is 0.357. The number of aromatic nitrogens is 3. The molecule has 1 fully saturated rings. The van der Waals surface area contributed by atoms with Crippen molar-refractivity contribution in [1.82, 2.24) is 15.0 Å². The third kappa shape index (κ3) is 2.06. The van der Waals surface area contributed by atoms with Gasteiger partial charge in [-0.15, -0.1) is 0 Å². The van der Waals surface area contributed by atoms with Gasteiger partial charge in [0.1, 0.15) is 5.82 Å². The number of hydrogen-bond donors (Lipinski definition) is 0. The van der Waals surface area contributed by atoms with Gasteiger partial charge < -0.3 is 4.90 Å². The smallest absolute Gasteiger partial charge is 0.147 e. The van der Waals surface area contributed by atoms with Crippen molar-refractivity contribution in [3.8, 4) is 0 Å². The third-order valence-electron chi connectivity index (χ3n) is 3.40. The van der Waals surface area contributed by atoms with E-state index in [1.807, 2.05) is 19.3 Å². The van der Waals surface area contributed by atoms with Crippen LogP contribution in [0.15, 0.2) is 36.9 Å². The van der Waals surface area contributed by atoms with Crippen molar-refractivity contribution in [3.05, 3.63) is 48.2 Å². The Morgan fingerprint density at radius 3 is 2.94 bits per heavy atom. The topological polar surface area (TPSA) is 41.9 Å². The molecule has 1 atom stereocenters. The Kier molecular flexibility index (Phi) is 2.92. The van der Waals surface area contributed by atoms with E-state index in [1.54, 1.807) is 12.4 Å². The highest BCUT2D eigenvalue weighted by atomic mass is 15.2. The maximum absolute atomic E-state index is 4.41. The first-order chi connectivity index (χ1) is 8.84. The average Bonchev–Trinajstić information content (AvgIpc) is 2.89. The molecule has 0 radical (unpaired) electrons. The zero-order valence-electron chi connectivity index (χ0n) is 10.5. The first-order valence-electron chi connectivity index (χ1n) is 6.30. The molecule has 0 aromatic carbocycles. The zero-order chi connectivity index (χ0) is 12.4. The second kappa shape index (κ2) is 4.72. The molecule has 1 unspecified atom stereocenters. The van der Waals surface area contributed by atoms with Crippen LogP contribution in [-0.4, -0.2) is 21.5 Å². The maximum Gasteiger partial charge on any atom is 0.147 e. The van der Waals surface area contributed by atoms with Gasteiger partial charge in [-0.05, 0) is 37.5 Å². The predicted molar refractivity (Wildman–Crippen MR) is 70.3 cm³/mol. The summed E-state index contributed by atoms with van der Waals surface area (Å²) in [5.74, 6) is 0.967. The molecule has 3 heterocycles. The largest absolute Gasteiger partial charge is 0.348 e. The van der Waals surface area contributed by atoms with E-state index in [0.717, 1.165) is 18.1 Å². The van der Waals surface area contributed by atoms with Crippen molar-refractivity contribution in [2.75, 3.05) is 11.4 Å². The minimum atomic E-state index is 0.406. The Labute approximate surface area is 107 Å². The van der Waals surface area contributed by atoms with Crippen LogP contribution in [0.3, 0.4) is 0 Å². The molecule has 0 aliphatic carbocycles. The van der Waals surface area contributed by atoms with Crippen LogP contribution in [0.5, 0.6) is 0 Å². The monoisotopic (exact) mass is 240 g/mol. The van der Waals surface area contributed by atoms with Gasteiger partial charge in [0.15, 0.2) is 0 Å². The number of rotatable bonds is 2. The predicted octanol–water partition coefficient (Wildman–Crippen LogP) is 2.52. The highest BCUT2D eigenvalue weighted by Gasteiger charge is 2.27. The van der Waals surface area contributed by atoms with Crippen molar-refractivity contribution < 1.29 is 0 Å². The van der Waals surface area contributed by atoms with Crippen LogP contribution in [0.2, 0.25) is 0 Å². The average molecular weight is 240 g/mol. The lowest BCUT2D eigenvalue weighted by Crippen LogP contribution is -2.23. The van der Waals surface area contributed by atoms with Crippen LogP contribution < -0.4 is 4.90 Å². The number of hydrogen-bond acceptors (Lipinski definition) is 4. The van der Waals surface area contributed by atoms with Crippen LogP contribution in [0.1, 0.15) is 30.1 Å². The summed E-state index contributed by atoms with van der Waals surface area (Å²) in [5, 5.41) is 0. The Morgan fingerprint density at radius 2 is 2.17 bits per heavy atom. The molecular formula is C14H16N4. The van der Waals surface area contributed by atoms with Gasteiger partial charge in [0.25, 0.3) is 0 Å². The van der Waals surface area contributed by atoms with E-state index in [2.05, 4.69) is 32.0 Å². The molecule has 2 aromatic rings. The molecule has 0 N–H and O–H groups in total. The summed E-state index contributed by atoms with van der Waals surface area (Å²) in [4.78, 5) is 15.2. The van der Waals surface area contributed by atoms with Gasteiger partial charge >= 0.3 is 0 Å². The molecule has 1 aliphatic rings. The van der Waals surface area contributed by atoms with E-state index in [1.165, 1.54) is 18.4 Å². The fourth-order valence-electron chi connectivity index (χ4n) is 2.60. The van der Waals surface area contributed by atoms with Gasteiger partial charge in [0, 0.05) is 30.8 Å². The Bertz CT molecular complexity index is 526. The first-order valence-corrected chi connectivity index (χ1v) is 6.30. The molecule has 4 heteroatoms. The number of nitrogens with zero attached hydrogens (tertiary/aromatic N) is 4. The summed E-state index contributed by atoms with van der Waals surface area (Å²) in [7, 11) is 0. The van der Waals surface area contributed by atoms with Crippen molar-refractivity contribution in [1.29, 1.82) is 0 Å². The summed E-state index contributed by atoms with van der Waals surface area (Å²) < 4.78 is 0. The molecule has 2 aromatic heterocycles. The Hall–Kier alpha value is -1.97. The molecule has 1 aliphatic heterocycles. The molecule has 1 saturated heterocycles. The fourth-order valence-corrected chi connectivity index (χ4v) is 2.60. The summed E-state index contributed by atoms with van der Waals surface area (Å²) in [6.45, 7) is 3.08. The quantitative estimate of drug-likeness (QED) is 0.809. The number of aryl methyl sites for hydroxylation is 1. The van der Waals surface area contributed by atoms with Gasteiger partial charge in [-0.2, -0.15) is 0 Å². The number of anilines is 1. The van der Waals surface area contributed by atoms with Crippen LogP contribution in [-0.2, 0) is 0 Å². The van der Waals surface area contributed by atoms with Gasteiger partial charge in [0.2, 0.25) is 0 Å². The summed E-state index contributed by atoms with van der Waals surface area (Å²) >= 11 is 0. The molecular weight excluding hydrogens is 224 g/mol. The lowest BCUT2D eigenvalue weighted by molar-refractivity contribution is 0.707. The number of pyridine rings is 1. The normalized spacial score (nSPS) is 19.2. The lowest BCUT2D eigenvalue weighted by Gasteiger charge is -2.25. The van der Waals surface area contributed by atoms with Crippen molar-refractivity contribution in [2.45, 2.75) is 25.8 Å². The molecule has 3 rings (SSSR count). The zero-order valence-corrected chi connectivity index (χ0v) is 10.5. The van der Waals surface area contributed by atoms with Crippen LogP contribution in [0, 0.1) is 6.92 Å². The standard InChI is InChI=1S/C14H16N4/c1-11-9-12(4-5-16-11)13-3-2-8-18(13)14-10-15-6-7-17-14/h4-7,9-10,13H,2-3,8H2,1H3. The van der Waals surface area contributed by atoms with Gasteiger partial charge in [-0.25, -0.2) is 4.98 Å². The van der Waals surface area contributed by atoms with Crippen molar-refractivity contribution >= 4 is 5.82 Å². The van der Waals surface area contributed by atoms with Crippen molar-refractivity contribution in [2.24, 2.45) is 0 Å². The Morgan fingerprint density at radius 1 is 1.22 bits per heavy atom. The van der Waals surface area contributed by atoms with Crippen LogP contribution in [0.4, 0.5) is 5.82 Å². The summed E-state index contributed by atoms with van der Waals surface area (Å²) in [6.07, 6.45) is 9.56. The van der Waals surface area contributed by atoms with E-state index in [4.69, 9.17) is 0 Å². The van der Waals surface area contributed by atoms with Crippen LogP contribution >= 0.6 is 0 Å². The second-order valence-electron chi connectivity index (χ2n) is 4.65. The van der Waals surface area contributed by atoms with Crippen LogP contribution in [0.25, 0.3) is 0 Å². The lowest BCUT2D eigenvalue weighted by atomic mass is 10.1. The molecule has 4 nitrogen and oxygen atoms in total. The molecule has 0 spiro atoms. The molecule has 18 heavy (non-hydrogen) atoms. The summed E-state index contributed by atoms with van der Waals surface area (Å²) in [6, 6.07) is 4.68.